The second-order valence-corrected chi connectivity index (χ2v) is 16.2. The van der Waals surface area contributed by atoms with Gasteiger partial charge in [0.2, 0.25) is 0 Å². The molecule has 0 aliphatic rings. The smallest absolute Gasteiger partial charge is 0.741 e. The van der Waals surface area contributed by atoms with Crippen molar-refractivity contribution in [3.05, 3.63) is 152 Å². The van der Waals surface area contributed by atoms with Gasteiger partial charge in [-0.3, -0.25) is 9.97 Å². The molecule has 0 bridgehead atoms. The molecule has 10 heteroatoms. The average molecular weight is 888 g/mol. The number of nitrogens with zero attached hydrogens (tertiary/aromatic N) is 2. The van der Waals surface area contributed by atoms with Crippen LogP contribution in [0.25, 0.3) is 44.8 Å². The van der Waals surface area contributed by atoms with E-state index in [4.69, 9.17) is 22.9 Å². The molecule has 0 atom stereocenters. The molecule has 4 aromatic carbocycles. The average Bonchev–Trinajstić information content (AvgIpc) is 3.04. The SMILES string of the molecule is Cc1cc(C)c(-c2ccc(-c3c(C)cc(C)cc3C)nc2)c(C)c1.Cc1cc(C)c(-c2ccc(-c3c(C)cc(C)cc3C)nc2)c(C)c1.O=S(=O)([O-])C(F)(F)F.[Ag+]. The molecule has 0 radical (unpaired) electrons. The van der Waals surface area contributed by atoms with E-state index in [0.29, 0.717) is 0 Å². The zero-order valence-corrected chi connectivity index (χ0v) is 36.8. The summed E-state index contributed by atoms with van der Waals surface area (Å²) in [6.45, 7) is 26.0. The van der Waals surface area contributed by atoms with E-state index in [-0.39, 0.29) is 22.4 Å². The topological polar surface area (TPSA) is 83.0 Å². The molecule has 0 spiro atoms. The largest absolute Gasteiger partial charge is 1.00 e. The van der Waals surface area contributed by atoms with E-state index >= 15 is 0 Å². The molecule has 0 saturated heterocycles. The second kappa shape index (κ2) is 18.9. The van der Waals surface area contributed by atoms with Crippen LogP contribution >= 0.6 is 0 Å². The van der Waals surface area contributed by atoms with Gasteiger partial charge >= 0.3 is 27.9 Å². The first kappa shape index (κ1) is 47.0. The van der Waals surface area contributed by atoms with Crippen molar-refractivity contribution in [2.45, 2.75) is 88.6 Å². The van der Waals surface area contributed by atoms with Crippen LogP contribution in [-0.4, -0.2) is 28.4 Å². The minimum atomic E-state index is -6.09. The van der Waals surface area contributed by atoms with Gasteiger partial charge in [0.15, 0.2) is 10.1 Å². The third-order valence-corrected chi connectivity index (χ3v) is 10.2. The van der Waals surface area contributed by atoms with E-state index in [1.165, 1.54) is 100 Å². The molecule has 0 N–H and O–H groups in total. The van der Waals surface area contributed by atoms with Crippen LogP contribution in [0.1, 0.15) is 66.8 Å². The summed E-state index contributed by atoms with van der Waals surface area (Å²) in [6, 6.07) is 26.6. The minimum absolute atomic E-state index is 0. The molecule has 2 heterocycles. The van der Waals surface area contributed by atoms with E-state index in [0.717, 1.165) is 11.4 Å². The number of hydrogen-bond acceptors (Lipinski definition) is 5. The second-order valence-electron chi connectivity index (χ2n) is 14.9. The Morgan fingerprint density at radius 1 is 0.439 bits per heavy atom. The molecule has 0 fully saturated rings. The number of benzene rings is 4. The Hall–Kier alpha value is -4.38. The first-order valence-electron chi connectivity index (χ1n) is 18.3. The number of rotatable bonds is 4. The number of aromatic nitrogens is 2. The van der Waals surface area contributed by atoms with Gasteiger partial charge in [-0.15, -0.1) is 0 Å². The molecular weight excluding hydrogens is 837 g/mol. The maximum absolute atomic E-state index is 10.7. The van der Waals surface area contributed by atoms with Gasteiger partial charge in [-0.25, -0.2) is 8.42 Å². The van der Waals surface area contributed by atoms with Crippen molar-refractivity contribution < 1.29 is 48.5 Å². The maximum atomic E-state index is 10.7. The number of aryl methyl sites for hydroxylation is 12. The van der Waals surface area contributed by atoms with Crippen molar-refractivity contribution >= 4 is 10.1 Å². The van der Waals surface area contributed by atoms with Crippen molar-refractivity contribution in [2.75, 3.05) is 0 Å². The van der Waals surface area contributed by atoms with Gasteiger partial charge in [-0.2, -0.15) is 13.2 Å². The summed E-state index contributed by atoms with van der Waals surface area (Å²) in [6.07, 6.45) is 4.03. The fourth-order valence-corrected chi connectivity index (χ4v) is 7.82. The third-order valence-electron chi connectivity index (χ3n) is 9.61. The van der Waals surface area contributed by atoms with Crippen LogP contribution in [0.5, 0.6) is 0 Å². The predicted octanol–water partition coefficient (Wildman–Crippen LogP) is 12.6. The zero-order chi connectivity index (χ0) is 41.9. The van der Waals surface area contributed by atoms with Gasteiger partial charge in [0.05, 0.1) is 11.4 Å². The molecule has 0 saturated carbocycles. The molecule has 57 heavy (non-hydrogen) atoms. The molecule has 0 aliphatic heterocycles. The molecule has 6 rings (SSSR count). The van der Waals surface area contributed by atoms with E-state index in [9.17, 15) is 13.2 Å². The molecule has 0 aliphatic carbocycles. The van der Waals surface area contributed by atoms with Gasteiger partial charge in [0.25, 0.3) is 0 Å². The van der Waals surface area contributed by atoms with Crippen LogP contribution in [-0.2, 0) is 32.5 Å². The van der Waals surface area contributed by atoms with Crippen LogP contribution in [0.3, 0.4) is 0 Å². The first-order valence-corrected chi connectivity index (χ1v) is 19.7. The van der Waals surface area contributed by atoms with Crippen LogP contribution in [0.4, 0.5) is 13.2 Å². The normalized spacial score (nSPS) is 11.2. The fourth-order valence-electron chi connectivity index (χ4n) is 7.82. The van der Waals surface area contributed by atoms with Gasteiger partial charge in [0.1, 0.15) is 0 Å². The molecule has 6 aromatic rings. The molecular formula is C47H50AgF3N2O3S. The Kier molecular flexibility index (Phi) is 15.6. The predicted molar refractivity (Wildman–Crippen MR) is 223 cm³/mol. The summed E-state index contributed by atoms with van der Waals surface area (Å²) >= 11 is 0. The van der Waals surface area contributed by atoms with Gasteiger partial charge < -0.3 is 4.55 Å². The third kappa shape index (κ3) is 11.6. The van der Waals surface area contributed by atoms with Crippen molar-refractivity contribution in [1.82, 2.24) is 9.97 Å². The van der Waals surface area contributed by atoms with Crippen molar-refractivity contribution in [3.63, 3.8) is 0 Å². The summed E-state index contributed by atoms with van der Waals surface area (Å²) < 4.78 is 58.9. The Balaban J connectivity index is 0.000000253. The molecule has 0 amide bonds. The Morgan fingerprint density at radius 2 is 0.649 bits per heavy atom. The maximum Gasteiger partial charge on any atom is 1.00 e. The summed E-state index contributed by atoms with van der Waals surface area (Å²) in [5, 5.41) is 0. The zero-order valence-electron chi connectivity index (χ0n) is 34.5. The fraction of sp³-hybridized carbons (Fsp3) is 0.277. The summed E-state index contributed by atoms with van der Waals surface area (Å²) in [7, 11) is -6.09. The van der Waals surface area contributed by atoms with Crippen LogP contribution in [0.15, 0.2) is 85.2 Å². The Labute approximate surface area is 352 Å². The summed E-state index contributed by atoms with van der Waals surface area (Å²) in [5.74, 6) is 0. The summed E-state index contributed by atoms with van der Waals surface area (Å²) in [5.41, 5.74) is 19.6. The Bertz CT molecular complexity index is 2100. The first-order chi connectivity index (χ1) is 26.0. The van der Waals surface area contributed by atoms with Gasteiger partial charge in [0, 0.05) is 34.6 Å². The minimum Gasteiger partial charge on any atom is -0.741 e. The number of hydrogen-bond donors (Lipinski definition) is 0. The molecule has 0 unspecified atom stereocenters. The monoisotopic (exact) mass is 886 g/mol. The quantitative estimate of drug-likeness (QED) is 0.100. The van der Waals surface area contributed by atoms with Crippen LogP contribution in [0, 0.1) is 83.1 Å². The summed E-state index contributed by atoms with van der Waals surface area (Å²) in [4.78, 5) is 9.56. The Morgan fingerprint density at radius 3 is 0.825 bits per heavy atom. The molecule has 5 nitrogen and oxygen atoms in total. The van der Waals surface area contributed by atoms with Gasteiger partial charge in [-0.1, -0.05) is 82.9 Å². The van der Waals surface area contributed by atoms with Crippen molar-refractivity contribution in [1.29, 1.82) is 0 Å². The standard InChI is InChI=1S/2C23H25N.CHF3O3S.Ag/c2*1-14-9-16(3)22(17(4)10-14)20-7-8-21(24-13-20)23-18(5)11-15(2)12-19(23)6;2-1(3,4)8(5,6)7;/h2*7-13H,1-6H3;(H,5,6,7);/q;;;+1/p-1. The van der Waals surface area contributed by atoms with Crippen molar-refractivity contribution in [2.24, 2.45) is 0 Å². The number of halogens is 3. The number of pyridine rings is 2. The van der Waals surface area contributed by atoms with E-state index in [1.807, 2.05) is 12.4 Å². The van der Waals surface area contributed by atoms with Gasteiger partial charge in [-0.05, 0) is 151 Å². The van der Waals surface area contributed by atoms with Crippen molar-refractivity contribution in [3.8, 4) is 44.8 Å². The van der Waals surface area contributed by atoms with E-state index in [1.54, 1.807) is 0 Å². The molecule has 2 aromatic heterocycles. The molecule has 304 valence electrons. The van der Waals surface area contributed by atoms with Crippen LogP contribution in [0.2, 0.25) is 0 Å². The number of alkyl halides is 3. The van der Waals surface area contributed by atoms with Crippen LogP contribution < -0.4 is 0 Å². The van der Waals surface area contributed by atoms with E-state index in [2.05, 4.69) is 156 Å². The van der Waals surface area contributed by atoms with E-state index < -0.39 is 15.6 Å².